The number of aryl methyl sites for hydroxylation is 2. The topological polar surface area (TPSA) is 27.8 Å². The van der Waals surface area contributed by atoms with Crippen molar-refractivity contribution in [1.82, 2.24) is 10.3 Å². The minimum atomic E-state index is -4.36. The van der Waals surface area contributed by atoms with Crippen molar-refractivity contribution in [1.29, 1.82) is 0 Å². The fourth-order valence-corrected chi connectivity index (χ4v) is 2.28. The molecule has 1 heterocycles. The maximum atomic E-state index is 13.0. The van der Waals surface area contributed by atoms with Gasteiger partial charge in [0.15, 0.2) is 0 Å². The highest BCUT2D eigenvalue weighted by molar-refractivity contribution is 5.90. The molecule has 0 aliphatic rings. The zero-order valence-corrected chi connectivity index (χ0v) is 10.5. The number of rotatable bonds is 2. The number of nitrogens with one attached hydrogen (secondary N) is 2. The predicted molar refractivity (Wildman–Crippen MR) is 65.5 cm³/mol. The summed E-state index contributed by atoms with van der Waals surface area (Å²) >= 11 is 0. The normalized spacial score (nSPS) is 12.3. The SMILES string of the molecule is CNCc1c(C(F)(F)F)[nH]c2c(C)ccc(C)c12. The van der Waals surface area contributed by atoms with Gasteiger partial charge < -0.3 is 10.3 Å². The Morgan fingerprint density at radius 2 is 1.78 bits per heavy atom. The summed E-state index contributed by atoms with van der Waals surface area (Å²) in [5, 5.41) is 3.48. The van der Waals surface area contributed by atoms with Crippen LogP contribution in [0.1, 0.15) is 22.4 Å². The van der Waals surface area contributed by atoms with Gasteiger partial charge in [0.05, 0.1) is 0 Å². The fourth-order valence-electron chi connectivity index (χ4n) is 2.28. The van der Waals surface area contributed by atoms with Crippen molar-refractivity contribution in [2.24, 2.45) is 0 Å². The molecule has 0 saturated heterocycles. The Morgan fingerprint density at radius 3 is 2.33 bits per heavy atom. The first kappa shape index (κ1) is 13.0. The molecule has 0 saturated carbocycles. The van der Waals surface area contributed by atoms with E-state index in [1.165, 1.54) is 0 Å². The molecular formula is C13H15F3N2. The molecule has 1 aromatic heterocycles. The van der Waals surface area contributed by atoms with Crippen LogP contribution in [0.2, 0.25) is 0 Å². The Labute approximate surface area is 103 Å². The summed E-state index contributed by atoms with van der Waals surface area (Å²) in [6, 6.07) is 3.68. The van der Waals surface area contributed by atoms with Crippen LogP contribution in [0.25, 0.3) is 10.9 Å². The average Bonchev–Trinajstić information content (AvgIpc) is 2.65. The second kappa shape index (κ2) is 4.31. The molecule has 2 N–H and O–H groups in total. The van der Waals surface area contributed by atoms with Crippen LogP contribution in [0.5, 0.6) is 0 Å². The van der Waals surface area contributed by atoms with Gasteiger partial charge in [-0.05, 0) is 32.0 Å². The number of aromatic amines is 1. The Balaban J connectivity index is 2.84. The third-order valence-corrected chi connectivity index (χ3v) is 3.11. The number of hydrogen-bond donors (Lipinski definition) is 2. The minimum absolute atomic E-state index is 0.194. The largest absolute Gasteiger partial charge is 0.431 e. The van der Waals surface area contributed by atoms with E-state index in [4.69, 9.17) is 0 Å². The molecular weight excluding hydrogens is 241 g/mol. The maximum absolute atomic E-state index is 13.0. The number of fused-ring (bicyclic) bond motifs is 1. The van der Waals surface area contributed by atoms with Crippen LogP contribution in [-0.4, -0.2) is 12.0 Å². The van der Waals surface area contributed by atoms with Gasteiger partial charge in [-0.3, -0.25) is 0 Å². The summed E-state index contributed by atoms with van der Waals surface area (Å²) < 4.78 is 39.0. The van der Waals surface area contributed by atoms with E-state index < -0.39 is 11.9 Å². The lowest BCUT2D eigenvalue weighted by molar-refractivity contribution is -0.141. The predicted octanol–water partition coefficient (Wildman–Crippen LogP) is 3.52. The van der Waals surface area contributed by atoms with E-state index in [0.29, 0.717) is 16.5 Å². The average molecular weight is 256 g/mol. The summed E-state index contributed by atoms with van der Waals surface area (Å²) in [7, 11) is 1.64. The third kappa shape index (κ3) is 1.99. The van der Waals surface area contributed by atoms with Crippen LogP contribution in [0.15, 0.2) is 12.1 Å². The Morgan fingerprint density at radius 1 is 1.17 bits per heavy atom. The lowest BCUT2D eigenvalue weighted by Gasteiger charge is -2.08. The van der Waals surface area contributed by atoms with Gasteiger partial charge in [0, 0.05) is 23.0 Å². The van der Waals surface area contributed by atoms with Gasteiger partial charge in [-0.15, -0.1) is 0 Å². The van der Waals surface area contributed by atoms with Gasteiger partial charge in [-0.1, -0.05) is 12.1 Å². The van der Waals surface area contributed by atoms with Crippen molar-refractivity contribution in [3.63, 3.8) is 0 Å². The summed E-state index contributed by atoms with van der Waals surface area (Å²) in [6.45, 7) is 3.83. The van der Waals surface area contributed by atoms with Gasteiger partial charge in [-0.25, -0.2) is 0 Å². The molecule has 5 heteroatoms. The first-order chi connectivity index (χ1) is 8.36. The smallest absolute Gasteiger partial charge is 0.351 e. The van der Waals surface area contributed by atoms with Crippen LogP contribution >= 0.6 is 0 Å². The Bertz CT molecular complexity index is 582. The minimum Gasteiger partial charge on any atom is -0.351 e. The lowest BCUT2D eigenvalue weighted by atomic mass is 10.0. The van der Waals surface area contributed by atoms with E-state index >= 15 is 0 Å². The highest BCUT2D eigenvalue weighted by Crippen LogP contribution is 2.37. The molecule has 0 bridgehead atoms. The molecule has 2 rings (SSSR count). The van der Waals surface area contributed by atoms with Gasteiger partial charge >= 0.3 is 6.18 Å². The van der Waals surface area contributed by atoms with Gasteiger partial charge in [0.1, 0.15) is 5.69 Å². The van der Waals surface area contributed by atoms with Crippen LogP contribution in [0, 0.1) is 13.8 Å². The van der Waals surface area contributed by atoms with Crippen molar-refractivity contribution >= 4 is 10.9 Å². The molecule has 98 valence electrons. The Kier molecular flexibility index (Phi) is 3.11. The number of halogens is 3. The molecule has 2 nitrogen and oxygen atoms in total. The van der Waals surface area contributed by atoms with Crippen molar-refractivity contribution in [3.8, 4) is 0 Å². The van der Waals surface area contributed by atoms with Crippen molar-refractivity contribution in [3.05, 3.63) is 34.5 Å². The van der Waals surface area contributed by atoms with Crippen LogP contribution in [0.4, 0.5) is 13.2 Å². The summed E-state index contributed by atoms with van der Waals surface area (Å²) in [5.74, 6) is 0. The molecule has 0 atom stereocenters. The molecule has 1 aromatic carbocycles. The molecule has 18 heavy (non-hydrogen) atoms. The highest BCUT2D eigenvalue weighted by atomic mass is 19.4. The standard InChI is InChI=1S/C13H15F3N2/c1-7-4-5-8(2)11-10(7)9(6-17-3)12(18-11)13(14,15)16/h4-5,17-18H,6H2,1-3H3. The van der Waals surface area contributed by atoms with Gasteiger partial charge in [-0.2, -0.15) is 13.2 Å². The lowest BCUT2D eigenvalue weighted by Crippen LogP contribution is -2.13. The van der Waals surface area contributed by atoms with Gasteiger partial charge in [0.2, 0.25) is 0 Å². The molecule has 0 unspecified atom stereocenters. The maximum Gasteiger partial charge on any atom is 0.431 e. The number of hydrogen-bond acceptors (Lipinski definition) is 1. The van der Waals surface area contributed by atoms with Crippen molar-refractivity contribution in [2.45, 2.75) is 26.6 Å². The van der Waals surface area contributed by atoms with E-state index in [-0.39, 0.29) is 6.54 Å². The molecule has 0 aliphatic carbocycles. The molecule has 0 spiro atoms. The molecule has 0 aliphatic heterocycles. The van der Waals surface area contributed by atoms with Crippen LogP contribution in [0.3, 0.4) is 0 Å². The zero-order chi connectivity index (χ0) is 13.5. The molecule has 0 fully saturated rings. The summed E-state index contributed by atoms with van der Waals surface area (Å²) in [5.41, 5.74) is 1.90. The first-order valence-corrected chi connectivity index (χ1v) is 5.68. The van der Waals surface area contributed by atoms with E-state index in [2.05, 4.69) is 10.3 Å². The van der Waals surface area contributed by atoms with Crippen molar-refractivity contribution < 1.29 is 13.2 Å². The van der Waals surface area contributed by atoms with E-state index in [9.17, 15) is 13.2 Å². The number of benzene rings is 1. The third-order valence-electron chi connectivity index (χ3n) is 3.11. The number of alkyl halides is 3. The zero-order valence-electron chi connectivity index (χ0n) is 10.5. The monoisotopic (exact) mass is 256 g/mol. The highest BCUT2D eigenvalue weighted by Gasteiger charge is 2.36. The van der Waals surface area contributed by atoms with Crippen LogP contribution < -0.4 is 5.32 Å². The molecule has 0 amide bonds. The first-order valence-electron chi connectivity index (χ1n) is 5.68. The van der Waals surface area contributed by atoms with Crippen molar-refractivity contribution in [2.75, 3.05) is 7.05 Å². The van der Waals surface area contributed by atoms with E-state index in [1.54, 1.807) is 7.05 Å². The number of H-pyrrole nitrogens is 1. The molecule has 0 radical (unpaired) electrons. The van der Waals surface area contributed by atoms with E-state index in [1.807, 2.05) is 26.0 Å². The Hall–Kier alpha value is -1.49. The molecule has 2 aromatic rings. The van der Waals surface area contributed by atoms with Gasteiger partial charge in [0.25, 0.3) is 0 Å². The number of aromatic nitrogens is 1. The second-order valence-electron chi connectivity index (χ2n) is 4.46. The summed E-state index contributed by atoms with van der Waals surface area (Å²) in [4.78, 5) is 2.53. The van der Waals surface area contributed by atoms with E-state index in [0.717, 1.165) is 11.1 Å². The van der Waals surface area contributed by atoms with Crippen LogP contribution in [-0.2, 0) is 12.7 Å². The fraction of sp³-hybridized carbons (Fsp3) is 0.385. The quantitative estimate of drug-likeness (QED) is 0.845. The second-order valence-corrected chi connectivity index (χ2v) is 4.46. The summed E-state index contributed by atoms with van der Waals surface area (Å²) in [6.07, 6.45) is -4.36.